The summed E-state index contributed by atoms with van der Waals surface area (Å²) in [4.78, 5) is 11.5. The fraction of sp³-hybridized carbons (Fsp3) is 0.286. The van der Waals surface area contributed by atoms with E-state index >= 15 is 0 Å². The number of nitrogens with zero attached hydrogens (tertiary/aromatic N) is 1. The maximum absolute atomic E-state index is 11.5. The Balaban J connectivity index is 1.95. The largest absolute Gasteiger partial charge is 0.462 e. The zero-order valence-electron chi connectivity index (χ0n) is 11.1. The smallest absolute Gasteiger partial charge is 0.338 e. The van der Waals surface area contributed by atoms with Crippen LogP contribution in [0, 0.1) is 6.92 Å². The number of aromatic amines is 1. The number of aryl methyl sites for hydroxylation is 1. The lowest BCUT2D eigenvalue weighted by Crippen LogP contribution is -2.05. The highest BCUT2D eigenvalue weighted by molar-refractivity contribution is 5.89. The van der Waals surface area contributed by atoms with E-state index in [1.807, 2.05) is 19.1 Å². The van der Waals surface area contributed by atoms with Crippen molar-refractivity contribution in [3.8, 4) is 0 Å². The second-order valence-electron chi connectivity index (χ2n) is 4.17. The van der Waals surface area contributed by atoms with Gasteiger partial charge < -0.3 is 10.1 Å². The Kier molecular flexibility index (Phi) is 4.18. The third-order valence-electron chi connectivity index (χ3n) is 2.81. The Hall–Kier alpha value is -2.30. The van der Waals surface area contributed by atoms with Gasteiger partial charge in [0.1, 0.15) is 0 Å². The number of H-pyrrole nitrogens is 1. The van der Waals surface area contributed by atoms with Crippen LogP contribution >= 0.6 is 0 Å². The van der Waals surface area contributed by atoms with Gasteiger partial charge in [0.25, 0.3) is 0 Å². The number of nitrogens with one attached hydrogen (secondary N) is 2. The van der Waals surface area contributed by atoms with E-state index in [4.69, 9.17) is 4.74 Å². The number of anilines is 1. The van der Waals surface area contributed by atoms with E-state index in [9.17, 15) is 4.79 Å². The van der Waals surface area contributed by atoms with E-state index in [2.05, 4.69) is 15.5 Å². The molecule has 2 rings (SSSR count). The number of rotatable bonds is 5. The van der Waals surface area contributed by atoms with Crippen molar-refractivity contribution in [2.45, 2.75) is 20.4 Å². The molecule has 0 aliphatic heterocycles. The molecule has 2 N–H and O–H groups in total. The molecular formula is C14H17N3O2. The first-order valence-corrected chi connectivity index (χ1v) is 6.20. The monoisotopic (exact) mass is 259 g/mol. The van der Waals surface area contributed by atoms with Crippen molar-refractivity contribution < 1.29 is 9.53 Å². The summed E-state index contributed by atoms with van der Waals surface area (Å²) >= 11 is 0. The molecule has 1 aromatic heterocycles. The van der Waals surface area contributed by atoms with Gasteiger partial charge in [-0.3, -0.25) is 5.10 Å². The van der Waals surface area contributed by atoms with Crippen LogP contribution in [0.2, 0.25) is 0 Å². The summed E-state index contributed by atoms with van der Waals surface area (Å²) in [6, 6.07) is 7.23. The van der Waals surface area contributed by atoms with Crippen molar-refractivity contribution in [2.24, 2.45) is 0 Å². The molecule has 1 aromatic carbocycles. The molecule has 19 heavy (non-hydrogen) atoms. The molecular weight excluding hydrogens is 242 g/mol. The van der Waals surface area contributed by atoms with Crippen molar-refractivity contribution in [3.63, 3.8) is 0 Å². The van der Waals surface area contributed by atoms with E-state index in [0.717, 1.165) is 16.9 Å². The Morgan fingerprint density at radius 3 is 2.68 bits per heavy atom. The van der Waals surface area contributed by atoms with E-state index in [-0.39, 0.29) is 5.97 Å². The van der Waals surface area contributed by atoms with Crippen LogP contribution < -0.4 is 5.32 Å². The highest BCUT2D eigenvalue weighted by atomic mass is 16.5. The number of esters is 1. The Morgan fingerprint density at radius 2 is 2.11 bits per heavy atom. The molecule has 5 heteroatoms. The molecule has 5 nitrogen and oxygen atoms in total. The molecule has 0 spiro atoms. The molecule has 0 atom stereocenters. The average Bonchev–Trinajstić information content (AvgIpc) is 2.83. The Morgan fingerprint density at radius 1 is 1.37 bits per heavy atom. The van der Waals surface area contributed by atoms with Gasteiger partial charge in [-0.1, -0.05) is 0 Å². The summed E-state index contributed by atoms with van der Waals surface area (Å²) in [5, 5.41) is 10.1. The minimum absolute atomic E-state index is 0.292. The molecule has 0 amide bonds. The van der Waals surface area contributed by atoms with E-state index in [1.54, 1.807) is 25.3 Å². The van der Waals surface area contributed by atoms with Gasteiger partial charge in [-0.25, -0.2) is 4.79 Å². The number of carbonyl (C=O) groups excluding carboxylic acids is 1. The highest BCUT2D eigenvalue weighted by Crippen LogP contribution is 2.12. The highest BCUT2D eigenvalue weighted by Gasteiger charge is 2.05. The second kappa shape index (κ2) is 6.04. The van der Waals surface area contributed by atoms with Crippen LogP contribution in [-0.2, 0) is 11.3 Å². The SMILES string of the molecule is CCOC(=O)c1ccc(NCc2cn[nH]c2C)cc1. The number of benzene rings is 1. The third kappa shape index (κ3) is 3.34. The summed E-state index contributed by atoms with van der Waals surface area (Å²) in [6.07, 6.45) is 1.80. The number of hydrogen-bond acceptors (Lipinski definition) is 4. The standard InChI is InChI=1S/C14H17N3O2/c1-3-19-14(18)11-4-6-13(7-5-11)15-8-12-9-16-17-10(12)2/h4-7,9,15H,3,8H2,1-2H3,(H,16,17). The summed E-state index contributed by atoms with van der Waals surface area (Å²) in [5.74, 6) is -0.292. The van der Waals surface area contributed by atoms with Gasteiger partial charge in [0.2, 0.25) is 0 Å². The molecule has 0 fully saturated rings. The summed E-state index contributed by atoms with van der Waals surface area (Å²) in [7, 11) is 0. The fourth-order valence-corrected chi connectivity index (χ4v) is 1.69. The molecule has 0 aliphatic carbocycles. The summed E-state index contributed by atoms with van der Waals surface area (Å²) < 4.78 is 4.93. The lowest BCUT2D eigenvalue weighted by atomic mass is 10.2. The first-order chi connectivity index (χ1) is 9.20. The third-order valence-corrected chi connectivity index (χ3v) is 2.81. The van der Waals surface area contributed by atoms with Crippen molar-refractivity contribution in [2.75, 3.05) is 11.9 Å². The summed E-state index contributed by atoms with van der Waals surface area (Å²) in [6.45, 7) is 4.86. The molecule has 1 heterocycles. The minimum atomic E-state index is -0.292. The molecule has 0 bridgehead atoms. The van der Waals surface area contributed by atoms with Crippen molar-refractivity contribution >= 4 is 11.7 Å². The topological polar surface area (TPSA) is 67.0 Å². The number of aromatic nitrogens is 2. The molecule has 100 valence electrons. The Labute approximate surface area is 112 Å². The van der Waals surface area contributed by atoms with Crippen LogP contribution in [0.1, 0.15) is 28.5 Å². The fourth-order valence-electron chi connectivity index (χ4n) is 1.69. The number of hydrogen-bond donors (Lipinski definition) is 2. The molecule has 0 saturated heterocycles. The van der Waals surface area contributed by atoms with Crippen LogP contribution in [0.4, 0.5) is 5.69 Å². The van der Waals surface area contributed by atoms with Gasteiger partial charge >= 0.3 is 5.97 Å². The zero-order valence-corrected chi connectivity index (χ0v) is 11.1. The van der Waals surface area contributed by atoms with Gasteiger partial charge in [0.05, 0.1) is 18.4 Å². The van der Waals surface area contributed by atoms with Gasteiger partial charge in [0, 0.05) is 23.5 Å². The van der Waals surface area contributed by atoms with Crippen molar-refractivity contribution in [1.82, 2.24) is 10.2 Å². The van der Waals surface area contributed by atoms with E-state index in [1.165, 1.54) is 0 Å². The first-order valence-electron chi connectivity index (χ1n) is 6.20. The molecule has 0 saturated carbocycles. The van der Waals surface area contributed by atoms with Crippen LogP contribution in [0.5, 0.6) is 0 Å². The zero-order chi connectivity index (χ0) is 13.7. The molecule has 0 aliphatic rings. The van der Waals surface area contributed by atoms with E-state index in [0.29, 0.717) is 18.7 Å². The van der Waals surface area contributed by atoms with E-state index < -0.39 is 0 Å². The predicted octanol–water partition coefficient (Wildman–Crippen LogP) is 2.51. The first kappa shape index (κ1) is 13.1. The quantitative estimate of drug-likeness (QED) is 0.810. The average molecular weight is 259 g/mol. The normalized spacial score (nSPS) is 10.2. The maximum atomic E-state index is 11.5. The molecule has 0 unspecified atom stereocenters. The Bertz CT molecular complexity index is 546. The van der Waals surface area contributed by atoms with Gasteiger partial charge in [-0.2, -0.15) is 5.10 Å². The molecule has 0 radical (unpaired) electrons. The lowest BCUT2D eigenvalue weighted by molar-refractivity contribution is 0.0526. The number of ether oxygens (including phenoxy) is 1. The van der Waals surface area contributed by atoms with Gasteiger partial charge in [0.15, 0.2) is 0 Å². The van der Waals surface area contributed by atoms with Gasteiger partial charge in [-0.05, 0) is 38.1 Å². The summed E-state index contributed by atoms with van der Waals surface area (Å²) in [5.41, 5.74) is 3.69. The van der Waals surface area contributed by atoms with Crippen LogP contribution in [0.15, 0.2) is 30.5 Å². The van der Waals surface area contributed by atoms with Crippen molar-refractivity contribution in [3.05, 3.63) is 47.3 Å². The van der Waals surface area contributed by atoms with Crippen LogP contribution in [-0.4, -0.2) is 22.8 Å². The minimum Gasteiger partial charge on any atom is -0.462 e. The van der Waals surface area contributed by atoms with Gasteiger partial charge in [-0.15, -0.1) is 0 Å². The second-order valence-corrected chi connectivity index (χ2v) is 4.17. The lowest BCUT2D eigenvalue weighted by Gasteiger charge is -2.07. The maximum Gasteiger partial charge on any atom is 0.338 e. The number of carbonyl (C=O) groups is 1. The van der Waals surface area contributed by atoms with Crippen molar-refractivity contribution in [1.29, 1.82) is 0 Å². The predicted molar refractivity (Wildman–Crippen MR) is 73.0 cm³/mol. The molecule has 2 aromatic rings. The van der Waals surface area contributed by atoms with Crippen LogP contribution in [0.25, 0.3) is 0 Å². The van der Waals surface area contributed by atoms with Crippen LogP contribution in [0.3, 0.4) is 0 Å².